The lowest BCUT2D eigenvalue weighted by atomic mass is 10.0. The van der Waals surface area contributed by atoms with E-state index in [9.17, 15) is 5.26 Å². The molecule has 4 nitrogen and oxygen atoms in total. The number of anilines is 1. The molecule has 0 radical (unpaired) electrons. The summed E-state index contributed by atoms with van der Waals surface area (Å²) < 4.78 is 0. The highest BCUT2D eigenvalue weighted by molar-refractivity contribution is 5.86. The van der Waals surface area contributed by atoms with Crippen molar-refractivity contribution in [2.75, 3.05) is 31.1 Å². The van der Waals surface area contributed by atoms with Crippen LogP contribution in [0, 0.1) is 23.2 Å². The molecule has 0 spiro atoms. The SMILES string of the molecule is N#Cc1cc(N2CC3CNCC3C2)nc2ccccc12. The molecule has 2 fully saturated rings. The van der Waals surface area contributed by atoms with E-state index in [-0.39, 0.29) is 0 Å². The maximum atomic E-state index is 9.36. The quantitative estimate of drug-likeness (QED) is 0.852. The summed E-state index contributed by atoms with van der Waals surface area (Å²) in [7, 11) is 0. The molecule has 2 saturated heterocycles. The fourth-order valence-electron chi connectivity index (χ4n) is 3.46. The molecule has 3 heterocycles. The summed E-state index contributed by atoms with van der Waals surface area (Å²) in [5.41, 5.74) is 1.64. The van der Waals surface area contributed by atoms with Gasteiger partial charge in [-0.1, -0.05) is 18.2 Å². The molecular formula is C16H16N4. The average Bonchev–Trinajstić information content (AvgIpc) is 3.07. The molecule has 100 valence electrons. The molecule has 2 aliphatic rings. The molecule has 4 rings (SSSR count). The van der Waals surface area contributed by atoms with Crippen LogP contribution in [0.3, 0.4) is 0 Å². The Kier molecular flexibility index (Phi) is 2.61. The summed E-state index contributed by atoms with van der Waals surface area (Å²) in [5, 5.41) is 13.8. The summed E-state index contributed by atoms with van der Waals surface area (Å²) in [6.45, 7) is 4.32. The Hall–Kier alpha value is -2.12. The van der Waals surface area contributed by atoms with Gasteiger partial charge >= 0.3 is 0 Å². The summed E-state index contributed by atoms with van der Waals surface area (Å²) in [4.78, 5) is 7.08. The van der Waals surface area contributed by atoms with E-state index in [0.717, 1.165) is 60.3 Å². The van der Waals surface area contributed by atoms with E-state index in [1.807, 2.05) is 30.3 Å². The van der Waals surface area contributed by atoms with E-state index < -0.39 is 0 Å². The number of pyridine rings is 1. The van der Waals surface area contributed by atoms with Gasteiger partial charge in [-0.15, -0.1) is 0 Å². The molecule has 2 aromatic rings. The van der Waals surface area contributed by atoms with Crippen molar-refractivity contribution < 1.29 is 0 Å². The molecule has 2 atom stereocenters. The largest absolute Gasteiger partial charge is 0.356 e. The molecule has 1 aromatic carbocycles. The molecule has 0 bridgehead atoms. The van der Waals surface area contributed by atoms with E-state index >= 15 is 0 Å². The van der Waals surface area contributed by atoms with Crippen LogP contribution in [0.1, 0.15) is 5.56 Å². The van der Waals surface area contributed by atoms with Crippen LogP contribution in [0.2, 0.25) is 0 Å². The second-order valence-electron chi connectivity index (χ2n) is 5.74. The Morgan fingerprint density at radius 3 is 2.70 bits per heavy atom. The second kappa shape index (κ2) is 4.46. The Morgan fingerprint density at radius 1 is 1.20 bits per heavy atom. The third-order valence-electron chi connectivity index (χ3n) is 4.54. The molecule has 0 amide bonds. The van der Waals surface area contributed by atoms with Gasteiger partial charge in [-0.2, -0.15) is 5.26 Å². The van der Waals surface area contributed by atoms with Gasteiger partial charge in [0.25, 0.3) is 0 Å². The third kappa shape index (κ3) is 1.75. The molecular weight excluding hydrogens is 248 g/mol. The minimum Gasteiger partial charge on any atom is -0.356 e. The summed E-state index contributed by atoms with van der Waals surface area (Å²) in [5.74, 6) is 2.41. The zero-order valence-corrected chi connectivity index (χ0v) is 11.2. The summed E-state index contributed by atoms with van der Waals surface area (Å²) >= 11 is 0. The van der Waals surface area contributed by atoms with Gasteiger partial charge in [-0.05, 0) is 24.0 Å². The fourth-order valence-corrected chi connectivity index (χ4v) is 3.46. The van der Waals surface area contributed by atoms with Crippen LogP contribution in [-0.2, 0) is 0 Å². The van der Waals surface area contributed by atoms with Crippen molar-refractivity contribution in [3.8, 4) is 6.07 Å². The number of para-hydroxylation sites is 1. The smallest absolute Gasteiger partial charge is 0.130 e. The molecule has 2 unspecified atom stereocenters. The molecule has 0 saturated carbocycles. The lowest BCUT2D eigenvalue weighted by Gasteiger charge is -2.19. The average molecular weight is 264 g/mol. The predicted molar refractivity (Wildman–Crippen MR) is 78.5 cm³/mol. The first-order valence-electron chi connectivity index (χ1n) is 7.11. The van der Waals surface area contributed by atoms with E-state index in [2.05, 4.69) is 16.3 Å². The van der Waals surface area contributed by atoms with E-state index in [1.54, 1.807) is 0 Å². The summed E-state index contributed by atoms with van der Waals surface area (Å²) in [6, 6.07) is 12.1. The first-order valence-corrected chi connectivity index (χ1v) is 7.11. The van der Waals surface area contributed by atoms with Crippen molar-refractivity contribution in [2.24, 2.45) is 11.8 Å². The van der Waals surface area contributed by atoms with E-state index in [4.69, 9.17) is 4.98 Å². The van der Waals surface area contributed by atoms with Crippen LogP contribution in [0.15, 0.2) is 30.3 Å². The monoisotopic (exact) mass is 264 g/mol. The van der Waals surface area contributed by atoms with Gasteiger partial charge in [0.05, 0.1) is 17.1 Å². The van der Waals surface area contributed by atoms with Crippen LogP contribution in [0.25, 0.3) is 10.9 Å². The number of nitrogens with zero attached hydrogens (tertiary/aromatic N) is 3. The minimum absolute atomic E-state index is 0.723. The van der Waals surface area contributed by atoms with Crippen LogP contribution in [0.5, 0.6) is 0 Å². The number of nitriles is 1. The van der Waals surface area contributed by atoms with Gasteiger partial charge in [0.2, 0.25) is 0 Å². The normalized spacial score (nSPS) is 24.9. The van der Waals surface area contributed by atoms with Crippen molar-refractivity contribution in [1.29, 1.82) is 5.26 Å². The molecule has 1 N–H and O–H groups in total. The highest BCUT2D eigenvalue weighted by Gasteiger charge is 2.36. The van der Waals surface area contributed by atoms with Crippen molar-refractivity contribution in [2.45, 2.75) is 0 Å². The number of fused-ring (bicyclic) bond motifs is 2. The first-order chi connectivity index (χ1) is 9.85. The van der Waals surface area contributed by atoms with Crippen molar-refractivity contribution >= 4 is 16.7 Å². The lowest BCUT2D eigenvalue weighted by Crippen LogP contribution is -2.26. The third-order valence-corrected chi connectivity index (χ3v) is 4.54. The van der Waals surface area contributed by atoms with Crippen LogP contribution >= 0.6 is 0 Å². The number of nitrogens with one attached hydrogen (secondary N) is 1. The zero-order valence-electron chi connectivity index (χ0n) is 11.2. The lowest BCUT2D eigenvalue weighted by molar-refractivity contribution is 0.533. The Bertz CT molecular complexity index is 691. The molecule has 1 aromatic heterocycles. The van der Waals surface area contributed by atoms with Gasteiger partial charge in [0, 0.05) is 31.6 Å². The Labute approximate surface area is 118 Å². The van der Waals surface area contributed by atoms with Crippen LogP contribution in [-0.4, -0.2) is 31.2 Å². The van der Waals surface area contributed by atoms with Gasteiger partial charge in [-0.25, -0.2) is 4.98 Å². The predicted octanol–water partition coefficient (Wildman–Crippen LogP) is 1.76. The van der Waals surface area contributed by atoms with E-state index in [1.165, 1.54) is 0 Å². The maximum absolute atomic E-state index is 9.36. The van der Waals surface area contributed by atoms with Gasteiger partial charge in [0.15, 0.2) is 0 Å². The highest BCUT2D eigenvalue weighted by atomic mass is 15.2. The van der Waals surface area contributed by atoms with Crippen molar-refractivity contribution in [1.82, 2.24) is 10.3 Å². The minimum atomic E-state index is 0.723. The highest BCUT2D eigenvalue weighted by Crippen LogP contribution is 2.31. The molecule has 0 aliphatic carbocycles. The Balaban J connectivity index is 1.76. The number of aromatic nitrogens is 1. The summed E-state index contributed by atoms with van der Waals surface area (Å²) in [6.07, 6.45) is 0. The van der Waals surface area contributed by atoms with Crippen molar-refractivity contribution in [3.63, 3.8) is 0 Å². The van der Waals surface area contributed by atoms with Crippen LogP contribution in [0.4, 0.5) is 5.82 Å². The van der Waals surface area contributed by atoms with Crippen LogP contribution < -0.4 is 10.2 Å². The van der Waals surface area contributed by atoms with E-state index in [0.29, 0.717) is 0 Å². The number of rotatable bonds is 1. The zero-order chi connectivity index (χ0) is 13.5. The molecule has 2 aliphatic heterocycles. The van der Waals surface area contributed by atoms with Gasteiger partial charge in [0.1, 0.15) is 5.82 Å². The topological polar surface area (TPSA) is 52.0 Å². The molecule has 20 heavy (non-hydrogen) atoms. The van der Waals surface area contributed by atoms with Gasteiger partial charge < -0.3 is 10.2 Å². The van der Waals surface area contributed by atoms with Crippen molar-refractivity contribution in [3.05, 3.63) is 35.9 Å². The van der Waals surface area contributed by atoms with Gasteiger partial charge in [-0.3, -0.25) is 0 Å². The fraction of sp³-hybridized carbons (Fsp3) is 0.375. The number of benzene rings is 1. The number of hydrogen-bond donors (Lipinski definition) is 1. The first kappa shape index (κ1) is 11.7. The maximum Gasteiger partial charge on any atom is 0.130 e. The second-order valence-corrected chi connectivity index (χ2v) is 5.74. The molecule has 4 heteroatoms. The standard InChI is InChI=1S/C16H16N4/c17-6-11-5-16(19-15-4-2-1-3-14(11)15)20-9-12-7-18-8-13(12)10-20/h1-5,12-13,18H,7-10H2. The number of hydrogen-bond acceptors (Lipinski definition) is 4. The Morgan fingerprint density at radius 2 is 1.95 bits per heavy atom.